The van der Waals surface area contributed by atoms with Gasteiger partial charge in [-0.3, -0.25) is 9.69 Å². The number of nitrogens with one attached hydrogen (secondary N) is 1. The minimum atomic E-state index is -0.331. The number of carbonyl (C=O) groups is 2. The molecule has 0 unspecified atom stereocenters. The van der Waals surface area contributed by atoms with Gasteiger partial charge in [-0.1, -0.05) is 0 Å². The molecule has 6 heteroatoms. The zero-order valence-electron chi connectivity index (χ0n) is 7.61. The Hall–Kier alpha value is -1.43. The molecule has 0 aromatic carbocycles. The molecule has 74 valence electrons. The molecule has 1 aliphatic heterocycles. The molecule has 1 N–H and O–H groups in total. The van der Waals surface area contributed by atoms with Gasteiger partial charge in [-0.05, 0) is 6.92 Å². The molecule has 3 amide bonds. The number of imide groups is 1. The fourth-order valence-corrected chi connectivity index (χ4v) is 1.99. The van der Waals surface area contributed by atoms with Crippen molar-refractivity contribution in [3.05, 3.63) is 16.1 Å². The highest BCUT2D eigenvalue weighted by atomic mass is 32.1. The summed E-state index contributed by atoms with van der Waals surface area (Å²) in [6.45, 7) is 2.26. The summed E-state index contributed by atoms with van der Waals surface area (Å²) in [7, 11) is 0. The van der Waals surface area contributed by atoms with Crippen LogP contribution in [-0.2, 0) is 11.3 Å². The second-order valence-electron chi connectivity index (χ2n) is 3.02. The molecule has 5 nitrogen and oxygen atoms in total. The van der Waals surface area contributed by atoms with Gasteiger partial charge in [0.25, 0.3) is 0 Å². The Morgan fingerprint density at radius 3 is 2.93 bits per heavy atom. The van der Waals surface area contributed by atoms with Crippen LogP contribution in [0.5, 0.6) is 0 Å². The van der Waals surface area contributed by atoms with Crippen LogP contribution in [0.4, 0.5) is 4.79 Å². The Labute approximate surface area is 84.7 Å². The minimum Gasteiger partial charge on any atom is -0.329 e. The van der Waals surface area contributed by atoms with Crippen LogP contribution in [-0.4, -0.2) is 28.4 Å². The van der Waals surface area contributed by atoms with Crippen LogP contribution in [0.15, 0.2) is 5.38 Å². The van der Waals surface area contributed by atoms with Gasteiger partial charge in [0.15, 0.2) is 0 Å². The highest BCUT2D eigenvalue weighted by Crippen LogP contribution is 2.13. The van der Waals surface area contributed by atoms with E-state index in [-0.39, 0.29) is 25.0 Å². The van der Waals surface area contributed by atoms with Crippen molar-refractivity contribution < 1.29 is 9.59 Å². The van der Waals surface area contributed by atoms with E-state index in [0.29, 0.717) is 0 Å². The van der Waals surface area contributed by atoms with Crippen molar-refractivity contribution in [3.63, 3.8) is 0 Å². The van der Waals surface area contributed by atoms with Crippen molar-refractivity contribution in [2.24, 2.45) is 0 Å². The van der Waals surface area contributed by atoms with Crippen LogP contribution < -0.4 is 5.32 Å². The largest absolute Gasteiger partial charge is 0.329 e. The van der Waals surface area contributed by atoms with Gasteiger partial charge in [0.1, 0.15) is 5.01 Å². The Morgan fingerprint density at radius 2 is 2.43 bits per heavy atom. The number of amides is 3. The van der Waals surface area contributed by atoms with Gasteiger partial charge in [-0.2, -0.15) is 0 Å². The van der Waals surface area contributed by atoms with Crippen LogP contribution in [0, 0.1) is 6.92 Å². The summed E-state index contributed by atoms with van der Waals surface area (Å²) < 4.78 is 0. The molecule has 0 aliphatic carbocycles. The second-order valence-corrected chi connectivity index (χ2v) is 3.96. The van der Waals surface area contributed by atoms with E-state index >= 15 is 0 Å². The molecule has 0 spiro atoms. The molecular weight excluding hydrogens is 202 g/mol. The topological polar surface area (TPSA) is 62.3 Å². The number of hydrogen-bond donors (Lipinski definition) is 1. The van der Waals surface area contributed by atoms with E-state index in [9.17, 15) is 9.59 Å². The maximum atomic E-state index is 11.2. The second kappa shape index (κ2) is 3.38. The van der Waals surface area contributed by atoms with E-state index in [1.165, 1.54) is 16.2 Å². The van der Waals surface area contributed by atoms with Gasteiger partial charge in [-0.25, -0.2) is 9.78 Å². The summed E-state index contributed by atoms with van der Waals surface area (Å²) in [5.74, 6) is -0.192. The number of hydrogen-bond acceptors (Lipinski definition) is 4. The molecule has 1 fully saturated rings. The molecular formula is C8H9N3O2S. The van der Waals surface area contributed by atoms with Crippen LogP contribution in [0.1, 0.15) is 10.7 Å². The molecule has 2 heterocycles. The summed E-state index contributed by atoms with van der Waals surface area (Å²) in [6, 6.07) is -0.331. The molecule has 2 rings (SSSR count). The van der Waals surface area contributed by atoms with Gasteiger partial charge >= 0.3 is 6.03 Å². The number of urea groups is 1. The first-order chi connectivity index (χ1) is 6.66. The molecule has 0 radical (unpaired) electrons. The lowest BCUT2D eigenvalue weighted by Crippen LogP contribution is -2.30. The van der Waals surface area contributed by atoms with E-state index in [4.69, 9.17) is 0 Å². The van der Waals surface area contributed by atoms with Crippen molar-refractivity contribution in [1.82, 2.24) is 15.2 Å². The molecule has 1 aromatic rings. The van der Waals surface area contributed by atoms with Crippen LogP contribution in [0.25, 0.3) is 0 Å². The van der Waals surface area contributed by atoms with E-state index in [0.717, 1.165) is 10.7 Å². The lowest BCUT2D eigenvalue weighted by molar-refractivity contribution is -0.125. The average molecular weight is 211 g/mol. The predicted molar refractivity (Wildman–Crippen MR) is 50.8 cm³/mol. The highest BCUT2D eigenvalue weighted by molar-refractivity contribution is 7.09. The fourth-order valence-electron chi connectivity index (χ4n) is 1.23. The number of carbonyl (C=O) groups excluding carboxylic acids is 2. The predicted octanol–water partition coefficient (Wildman–Crippen LogP) is 0.503. The Morgan fingerprint density at radius 1 is 1.64 bits per heavy atom. The third kappa shape index (κ3) is 1.60. The maximum Gasteiger partial charge on any atom is 0.324 e. The van der Waals surface area contributed by atoms with Gasteiger partial charge in [0.05, 0.1) is 13.1 Å². The first-order valence-corrected chi connectivity index (χ1v) is 5.04. The molecule has 1 aliphatic rings. The minimum absolute atomic E-state index is 0.100. The van der Waals surface area contributed by atoms with E-state index < -0.39 is 0 Å². The lowest BCUT2D eigenvalue weighted by Gasteiger charge is -2.08. The SMILES string of the molecule is Cc1csc(CN2C(=O)CNC2=O)n1. The first-order valence-electron chi connectivity index (χ1n) is 4.16. The third-order valence-corrected chi connectivity index (χ3v) is 2.85. The Kier molecular flexibility index (Phi) is 2.20. The van der Waals surface area contributed by atoms with Crippen LogP contribution in [0.2, 0.25) is 0 Å². The normalized spacial score (nSPS) is 16.2. The van der Waals surface area contributed by atoms with E-state index in [1.807, 2.05) is 12.3 Å². The summed E-state index contributed by atoms with van der Waals surface area (Å²) >= 11 is 1.46. The zero-order chi connectivity index (χ0) is 10.1. The number of rotatable bonds is 2. The van der Waals surface area contributed by atoms with Crippen molar-refractivity contribution in [3.8, 4) is 0 Å². The maximum absolute atomic E-state index is 11.2. The summed E-state index contributed by atoms with van der Waals surface area (Å²) in [5.41, 5.74) is 0.914. The number of aryl methyl sites for hydroxylation is 1. The van der Waals surface area contributed by atoms with Crippen LogP contribution in [0.3, 0.4) is 0 Å². The molecule has 0 atom stereocenters. The number of thiazole rings is 1. The third-order valence-electron chi connectivity index (χ3n) is 1.90. The average Bonchev–Trinajstić information content (AvgIpc) is 2.67. The standard InChI is InChI=1S/C8H9N3O2S/c1-5-4-14-6(10-5)3-11-7(12)2-9-8(11)13/h4H,2-3H2,1H3,(H,9,13). The monoisotopic (exact) mass is 211 g/mol. The Bertz CT molecular complexity index is 372. The molecule has 1 aromatic heterocycles. The van der Waals surface area contributed by atoms with Gasteiger partial charge in [-0.15, -0.1) is 11.3 Å². The highest BCUT2D eigenvalue weighted by Gasteiger charge is 2.28. The lowest BCUT2D eigenvalue weighted by atomic mass is 10.5. The molecule has 14 heavy (non-hydrogen) atoms. The quantitative estimate of drug-likeness (QED) is 0.725. The van der Waals surface area contributed by atoms with E-state index in [2.05, 4.69) is 10.3 Å². The van der Waals surface area contributed by atoms with Crippen LogP contribution >= 0.6 is 11.3 Å². The van der Waals surface area contributed by atoms with E-state index in [1.54, 1.807) is 0 Å². The summed E-state index contributed by atoms with van der Waals surface area (Å²) in [4.78, 5) is 27.7. The van der Waals surface area contributed by atoms with Crippen molar-refractivity contribution >= 4 is 23.3 Å². The molecule has 1 saturated heterocycles. The Balaban J connectivity index is 2.10. The molecule has 0 saturated carbocycles. The van der Waals surface area contributed by atoms with Crippen molar-refractivity contribution in [1.29, 1.82) is 0 Å². The number of nitrogens with zero attached hydrogens (tertiary/aromatic N) is 2. The first kappa shape index (κ1) is 9.14. The summed E-state index contributed by atoms with van der Waals surface area (Å²) in [6.07, 6.45) is 0. The molecule has 0 bridgehead atoms. The van der Waals surface area contributed by atoms with Gasteiger partial charge in [0, 0.05) is 11.1 Å². The fraction of sp³-hybridized carbons (Fsp3) is 0.375. The summed E-state index contributed by atoms with van der Waals surface area (Å²) in [5, 5.41) is 5.14. The van der Waals surface area contributed by atoms with Crippen molar-refractivity contribution in [2.75, 3.05) is 6.54 Å². The zero-order valence-corrected chi connectivity index (χ0v) is 8.43. The smallest absolute Gasteiger partial charge is 0.324 e. The van der Waals surface area contributed by atoms with Gasteiger partial charge < -0.3 is 5.32 Å². The number of aromatic nitrogens is 1. The van der Waals surface area contributed by atoms with Crippen molar-refractivity contribution in [2.45, 2.75) is 13.5 Å². The van der Waals surface area contributed by atoms with Gasteiger partial charge in [0.2, 0.25) is 5.91 Å².